The van der Waals surface area contributed by atoms with Crippen molar-refractivity contribution in [1.29, 1.82) is 0 Å². The third-order valence-electron chi connectivity index (χ3n) is 5.02. The standard InChI is InChI=1S/C22H24N2O3/c1-17-2-4-18(5-3-17)7-9-22(25)24-12-10-23(11-13-24)15-19-6-8-20-21(14-19)27-16-26-20/h2-9,14H,10-13,15-16H2,1H3. The predicted molar refractivity (Wildman–Crippen MR) is 105 cm³/mol. The highest BCUT2D eigenvalue weighted by molar-refractivity contribution is 5.91. The first-order valence-corrected chi connectivity index (χ1v) is 9.32. The molecule has 5 heteroatoms. The molecule has 5 nitrogen and oxygen atoms in total. The Morgan fingerprint density at radius 1 is 1.00 bits per heavy atom. The average Bonchev–Trinajstić information content (AvgIpc) is 3.16. The minimum Gasteiger partial charge on any atom is -0.454 e. The van der Waals surface area contributed by atoms with Crippen LogP contribution in [-0.2, 0) is 11.3 Å². The molecule has 0 bridgehead atoms. The minimum absolute atomic E-state index is 0.0818. The van der Waals surface area contributed by atoms with Crippen LogP contribution in [0.4, 0.5) is 0 Å². The first-order valence-electron chi connectivity index (χ1n) is 9.32. The molecule has 2 aliphatic rings. The molecule has 27 heavy (non-hydrogen) atoms. The van der Waals surface area contributed by atoms with Crippen molar-refractivity contribution in [3.63, 3.8) is 0 Å². The Balaban J connectivity index is 1.28. The SMILES string of the molecule is Cc1ccc(C=CC(=O)N2CCN(Cc3ccc4c(c3)OCO4)CC2)cc1. The van der Waals surface area contributed by atoms with Gasteiger partial charge < -0.3 is 14.4 Å². The van der Waals surface area contributed by atoms with E-state index in [-0.39, 0.29) is 5.91 Å². The van der Waals surface area contributed by atoms with Gasteiger partial charge in [0, 0.05) is 38.8 Å². The van der Waals surface area contributed by atoms with Gasteiger partial charge in [0.05, 0.1) is 0 Å². The topological polar surface area (TPSA) is 42.0 Å². The zero-order valence-electron chi connectivity index (χ0n) is 15.6. The summed E-state index contributed by atoms with van der Waals surface area (Å²) in [5.41, 5.74) is 3.48. The van der Waals surface area contributed by atoms with Crippen molar-refractivity contribution in [2.45, 2.75) is 13.5 Å². The predicted octanol–water partition coefficient (Wildman–Crippen LogP) is 3.08. The highest BCUT2D eigenvalue weighted by atomic mass is 16.7. The first-order chi connectivity index (χ1) is 13.2. The number of carbonyl (C=O) groups excluding carboxylic acids is 1. The lowest BCUT2D eigenvalue weighted by Crippen LogP contribution is -2.47. The van der Waals surface area contributed by atoms with E-state index in [0.29, 0.717) is 6.79 Å². The zero-order valence-corrected chi connectivity index (χ0v) is 15.6. The number of hydrogen-bond acceptors (Lipinski definition) is 4. The first kappa shape index (κ1) is 17.6. The molecule has 4 rings (SSSR count). The Morgan fingerprint density at radius 2 is 1.74 bits per heavy atom. The Bertz CT molecular complexity index is 837. The monoisotopic (exact) mass is 364 g/mol. The second kappa shape index (κ2) is 7.84. The average molecular weight is 364 g/mol. The van der Waals surface area contributed by atoms with Crippen molar-refractivity contribution in [2.75, 3.05) is 33.0 Å². The summed E-state index contributed by atoms with van der Waals surface area (Å²) < 4.78 is 10.8. The maximum absolute atomic E-state index is 12.4. The van der Waals surface area contributed by atoms with Gasteiger partial charge in [-0.1, -0.05) is 35.9 Å². The number of benzene rings is 2. The summed E-state index contributed by atoms with van der Waals surface area (Å²) in [4.78, 5) is 16.7. The molecule has 0 spiro atoms. The Labute approximate surface area is 159 Å². The number of amides is 1. The number of carbonyl (C=O) groups is 1. The van der Waals surface area contributed by atoms with Gasteiger partial charge in [-0.3, -0.25) is 9.69 Å². The summed E-state index contributed by atoms with van der Waals surface area (Å²) in [6, 6.07) is 14.3. The van der Waals surface area contributed by atoms with E-state index in [1.54, 1.807) is 6.08 Å². The third kappa shape index (κ3) is 4.31. The van der Waals surface area contributed by atoms with Crippen LogP contribution >= 0.6 is 0 Å². The lowest BCUT2D eigenvalue weighted by atomic mass is 10.1. The molecule has 2 aliphatic heterocycles. The summed E-state index contributed by atoms with van der Waals surface area (Å²) in [5.74, 6) is 1.72. The molecular formula is C22H24N2O3. The Hall–Kier alpha value is -2.79. The second-order valence-corrected chi connectivity index (χ2v) is 7.03. The van der Waals surface area contributed by atoms with E-state index in [1.807, 2.05) is 35.2 Å². The molecule has 0 unspecified atom stereocenters. The van der Waals surface area contributed by atoms with Crippen molar-refractivity contribution in [3.8, 4) is 11.5 Å². The molecule has 0 aliphatic carbocycles. The van der Waals surface area contributed by atoms with Crippen LogP contribution < -0.4 is 9.47 Å². The van der Waals surface area contributed by atoms with Gasteiger partial charge in [-0.15, -0.1) is 0 Å². The molecule has 140 valence electrons. The molecule has 0 aromatic heterocycles. The van der Waals surface area contributed by atoms with Crippen LogP contribution in [0.15, 0.2) is 48.5 Å². The van der Waals surface area contributed by atoms with Gasteiger partial charge >= 0.3 is 0 Å². The summed E-state index contributed by atoms with van der Waals surface area (Å²) in [5, 5.41) is 0. The molecule has 2 aromatic rings. The van der Waals surface area contributed by atoms with E-state index in [1.165, 1.54) is 11.1 Å². The molecule has 1 amide bonds. The van der Waals surface area contributed by atoms with Crippen molar-refractivity contribution >= 4 is 12.0 Å². The Kier molecular flexibility index (Phi) is 5.12. The van der Waals surface area contributed by atoms with E-state index < -0.39 is 0 Å². The van der Waals surface area contributed by atoms with Crippen LogP contribution in [0.2, 0.25) is 0 Å². The summed E-state index contributed by atoms with van der Waals surface area (Å²) in [6.45, 7) is 6.47. The molecule has 0 saturated carbocycles. The molecule has 1 saturated heterocycles. The van der Waals surface area contributed by atoms with E-state index in [2.05, 4.69) is 30.0 Å². The van der Waals surface area contributed by atoms with Gasteiger partial charge in [0.1, 0.15) is 0 Å². The Morgan fingerprint density at radius 3 is 2.52 bits per heavy atom. The van der Waals surface area contributed by atoms with Crippen LogP contribution in [-0.4, -0.2) is 48.7 Å². The maximum Gasteiger partial charge on any atom is 0.246 e. The smallest absolute Gasteiger partial charge is 0.246 e. The summed E-state index contributed by atoms with van der Waals surface area (Å²) in [6.07, 6.45) is 3.57. The fourth-order valence-electron chi connectivity index (χ4n) is 3.37. The zero-order chi connectivity index (χ0) is 18.6. The second-order valence-electron chi connectivity index (χ2n) is 7.03. The van der Waals surface area contributed by atoms with Crippen molar-refractivity contribution in [2.24, 2.45) is 0 Å². The number of fused-ring (bicyclic) bond motifs is 1. The summed E-state index contributed by atoms with van der Waals surface area (Å²) >= 11 is 0. The van der Waals surface area contributed by atoms with Crippen LogP contribution in [0.3, 0.4) is 0 Å². The fraction of sp³-hybridized carbons (Fsp3) is 0.318. The van der Waals surface area contributed by atoms with Gasteiger partial charge in [-0.2, -0.15) is 0 Å². The minimum atomic E-state index is 0.0818. The third-order valence-corrected chi connectivity index (χ3v) is 5.02. The number of aryl methyl sites for hydroxylation is 1. The highest BCUT2D eigenvalue weighted by Crippen LogP contribution is 2.32. The molecule has 1 fully saturated rings. The lowest BCUT2D eigenvalue weighted by molar-refractivity contribution is -0.127. The number of hydrogen-bond donors (Lipinski definition) is 0. The van der Waals surface area contributed by atoms with Gasteiger partial charge in [0.2, 0.25) is 12.7 Å². The molecular weight excluding hydrogens is 340 g/mol. The quantitative estimate of drug-likeness (QED) is 0.782. The van der Waals surface area contributed by atoms with Crippen LogP contribution in [0, 0.1) is 6.92 Å². The van der Waals surface area contributed by atoms with E-state index >= 15 is 0 Å². The van der Waals surface area contributed by atoms with Gasteiger partial charge in [0.25, 0.3) is 0 Å². The number of piperazine rings is 1. The fourth-order valence-corrected chi connectivity index (χ4v) is 3.37. The van der Waals surface area contributed by atoms with E-state index in [9.17, 15) is 4.79 Å². The van der Waals surface area contributed by atoms with Crippen LogP contribution in [0.1, 0.15) is 16.7 Å². The normalized spacial score (nSPS) is 16.9. The number of ether oxygens (including phenoxy) is 2. The van der Waals surface area contributed by atoms with Gasteiger partial charge in [0.15, 0.2) is 11.5 Å². The van der Waals surface area contributed by atoms with Crippen molar-refractivity contribution < 1.29 is 14.3 Å². The van der Waals surface area contributed by atoms with Crippen molar-refractivity contribution in [1.82, 2.24) is 9.80 Å². The summed E-state index contributed by atoms with van der Waals surface area (Å²) in [7, 11) is 0. The van der Waals surface area contributed by atoms with E-state index in [4.69, 9.17) is 9.47 Å². The van der Waals surface area contributed by atoms with E-state index in [0.717, 1.165) is 49.8 Å². The lowest BCUT2D eigenvalue weighted by Gasteiger charge is -2.34. The number of rotatable bonds is 4. The highest BCUT2D eigenvalue weighted by Gasteiger charge is 2.20. The van der Waals surface area contributed by atoms with Gasteiger partial charge in [-0.25, -0.2) is 0 Å². The molecule has 2 aromatic carbocycles. The van der Waals surface area contributed by atoms with Crippen molar-refractivity contribution in [3.05, 3.63) is 65.2 Å². The molecule has 2 heterocycles. The number of nitrogens with zero attached hydrogens (tertiary/aromatic N) is 2. The molecule has 0 atom stereocenters. The largest absolute Gasteiger partial charge is 0.454 e. The molecule has 0 radical (unpaired) electrons. The van der Waals surface area contributed by atoms with Crippen LogP contribution in [0.5, 0.6) is 11.5 Å². The van der Waals surface area contributed by atoms with Gasteiger partial charge in [-0.05, 0) is 36.3 Å². The maximum atomic E-state index is 12.4. The molecule has 0 N–H and O–H groups in total. The van der Waals surface area contributed by atoms with Crippen LogP contribution in [0.25, 0.3) is 6.08 Å².